The lowest BCUT2D eigenvalue weighted by Gasteiger charge is -2.24. The Morgan fingerprint density at radius 3 is 2.45 bits per heavy atom. The molecule has 3 rings (SSSR count). The van der Waals surface area contributed by atoms with Crippen LogP contribution in [0.3, 0.4) is 0 Å². The van der Waals surface area contributed by atoms with E-state index in [0.717, 1.165) is 37.3 Å². The SMILES string of the molecule is O=C(CN(c1cccc(Br)c1)S(=O)(=O)c1ccccc1)NCCCSCc1ccccc1Cl. The summed E-state index contributed by atoms with van der Waals surface area (Å²) in [6.45, 7) is 0.159. The van der Waals surface area contributed by atoms with Gasteiger partial charge >= 0.3 is 0 Å². The molecule has 3 aromatic carbocycles. The molecule has 0 spiro atoms. The average molecular weight is 568 g/mol. The molecule has 9 heteroatoms. The van der Waals surface area contributed by atoms with Crippen LogP contribution in [0.1, 0.15) is 12.0 Å². The maximum Gasteiger partial charge on any atom is 0.264 e. The van der Waals surface area contributed by atoms with Gasteiger partial charge in [0, 0.05) is 21.8 Å². The van der Waals surface area contributed by atoms with Gasteiger partial charge in [-0.15, -0.1) is 0 Å². The maximum atomic E-state index is 13.3. The zero-order chi connectivity index (χ0) is 23.7. The number of nitrogens with zero attached hydrogens (tertiary/aromatic N) is 1. The van der Waals surface area contributed by atoms with E-state index in [2.05, 4.69) is 21.2 Å². The molecule has 0 aliphatic heterocycles. The van der Waals surface area contributed by atoms with Crippen LogP contribution >= 0.6 is 39.3 Å². The van der Waals surface area contributed by atoms with E-state index in [0.29, 0.717) is 12.2 Å². The van der Waals surface area contributed by atoms with Crippen LogP contribution in [0.15, 0.2) is 88.2 Å². The molecule has 0 atom stereocenters. The first-order chi connectivity index (χ1) is 15.9. The van der Waals surface area contributed by atoms with Crippen LogP contribution in [0.4, 0.5) is 5.69 Å². The van der Waals surface area contributed by atoms with Gasteiger partial charge in [-0.1, -0.05) is 70.0 Å². The molecule has 0 aromatic heterocycles. The fourth-order valence-corrected chi connectivity index (χ4v) is 6.12. The molecule has 0 aliphatic rings. The van der Waals surface area contributed by atoms with Crippen LogP contribution in [-0.4, -0.2) is 33.2 Å². The largest absolute Gasteiger partial charge is 0.354 e. The second-order valence-corrected chi connectivity index (χ2v) is 11.4. The summed E-state index contributed by atoms with van der Waals surface area (Å²) in [6, 6.07) is 22.7. The van der Waals surface area contributed by atoms with E-state index in [9.17, 15) is 13.2 Å². The van der Waals surface area contributed by atoms with E-state index in [1.165, 1.54) is 12.1 Å². The summed E-state index contributed by atoms with van der Waals surface area (Å²) in [6.07, 6.45) is 0.767. The number of carbonyl (C=O) groups is 1. The minimum atomic E-state index is -3.90. The first-order valence-corrected chi connectivity index (χ1v) is 14.1. The van der Waals surface area contributed by atoms with Crippen LogP contribution in [0, 0.1) is 0 Å². The van der Waals surface area contributed by atoms with Crippen molar-refractivity contribution in [2.75, 3.05) is 23.1 Å². The summed E-state index contributed by atoms with van der Waals surface area (Å²) < 4.78 is 28.4. The molecule has 0 radical (unpaired) electrons. The molecule has 0 saturated heterocycles. The molecular weight excluding hydrogens is 544 g/mol. The Hall–Kier alpha value is -2.00. The number of hydrogen-bond donors (Lipinski definition) is 1. The van der Waals surface area contributed by atoms with Crippen molar-refractivity contribution < 1.29 is 13.2 Å². The third-order valence-corrected chi connectivity index (χ3v) is 8.46. The predicted octanol–water partition coefficient (Wildman–Crippen LogP) is 5.74. The standard InChI is InChI=1S/C24H24BrClN2O3S2/c25-20-9-6-10-21(16-20)28(33(30,31)22-11-2-1-3-12-22)17-24(29)27-14-7-15-32-18-19-8-4-5-13-23(19)26/h1-6,8-13,16H,7,14-15,17-18H2,(H,27,29). The molecule has 174 valence electrons. The summed E-state index contributed by atoms with van der Waals surface area (Å²) in [7, 11) is -3.90. The monoisotopic (exact) mass is 566 g/mol. The lowest BCUT2D eigenvalue weighted by atomic mass is 10.2. The van der Waals surface area contributed by atoms with Crippen molar-refractivity contribution in [3.05, 3.63) is 93.9 Å². The van der Waals surface area contributed by atoms with Crippen LogP contribution in [0.5, 0.6) is 0 Å². The molecule has 0 heterocycles. The Morgan fingerprint density at radius 1 is 1.00 bits per heavy atom. The summed E-state index contributed by atoms with van der Waals surface area (Å²) in [5.41, 5.74) is 1.50. The number of carbonyl (C=O) groups excluding carboxylic acids is 1. The van der Waals surface area contributed by atoms with Crippen molar-refractivity contribution in [1.82, 2.24) is 5.32 Å². The fraction of sp³-hybridized carbons (Fsp3) is 0.208. The number of nitrogens with one attached hydrogen (secondary N) is 1. The van der Waals surface area contributed by atoms with Crippen molar-refractivity contribution in [2.24, 2.45) is 0 Å². The molecule has 0 saturated carbocycles. The van der Waals surface area contributed by atoms with Gasteiger partial charge in [0.25, 0.3) is 10.0 Å². The minimum Gasteiger partial charge on any atom is -0.354 e. The van der Waals surface area contributed by atoms with Crippen LogP contribution in [-0.2, 0) is 20.6 Å². The van der Waals surface area contributed by atoms with Crippen molar-refractivity contribution in [3.8, 4) is 0 Å². The first-order valence-electron chi connectivity index (χ1n) is 10.3. The number of thioether (sulfide) groups is 1. The molecule has 0 unspecified atom stereocenters. The zero-order valence-corrected chi connectivity index (χ0v) is 21.8. The fourth-order valence-electron chi connectivity index (χ4n) is 3.05. The highest BCUT2D eigenvalue weighted by atomic mass is 79.9. The highest BCUT2D eigenvalue weighted by Gasteiger charge is 2.27. The van der Waals surface area contributed by atoms with E-state index in [-0.39, 0.29) is 17.3 Å². The third kappa shape index (κ3) is 7.50. The molecule has 0 aliphatic carbocycles. The molecular formula is C24H24BrClN2O3S2. The Bertz CT molecular complexity index is 1180. The maximum absolute atomic E-state index is 13.3. The summed E-state index contributed by atoms with van der Waals surface area (Å²) in [5, 5.41) is 3.59. The Balaban J connectivity index is 1.57. The summed E-state index contributed by atoms with van der Waals surface area (Å²) in [4.78, 5) is 12.8. The Morgan fingerprint density at radius 2 is 1.73 bits per heavy atom. The highest BCUT2D eigenvalue weighted by molar-refractivity contribution is 9.10. The zero-order valence-electron chi connectivity index (χ0n) is 17.8. The molecule has 3 aromatic rings. The van der Waals surface area contributed by atoms with Crippen LogP contribution in [0.2, 0.25) is 5.02 Å². The molecule has 1 amide bonds. The van der Waals surface area contributed by atoms with Crippen LogP contribution < -0.4 is 9.62 Å². The minimum absolute atomic E-state index is 0.133. The Labute approximate surface area is 212 Å². The number of anilines is 1. The summed E-state index contributed by atoms with van der Waals surface area (Å²) >= 11 is 11.3. The number of amides is 1. The number of rotatable bonds is 11. The lowest BCUT2D eigenvalue weighted by Crippen LogP contribution is -2.41. The topological polar surface area (TPSA) is 66.5 Å². The van der Waals surface area contributed by atoms with Gasteiger partial charge in [0.2, 0.25) is 5.91 Å². The van der Waals surface area contributed by atoms with Crippen molar-refractivity contribution in [1.29, 1.82) is 0 Å². The number of sulfonamides is 1. The van der Waals surface area contributed by atoms with Gasteiger partial charge in [-0.25, -0.2) is 8.42 Å². The van der Waals surface area contributed by atoms with E-state index in [1.54, 1.807) is 54.2 Å². The summed E-state index contributed by atoms with van der Waals surface area (Å²) in [5.74, 6) is 1.30. The predicted molar refractivity (Wildman–Crippen MR) is 140 cm³/mol. The van der Waals surface area contributed by atoms with E-state index in [4.69, 9.17) is 11.6 Å². The second kappa shape index (κ2) is 12.5. The van der Waals surface area contributed by atoms with Gasteiger partial charge in [-0.05, 0) is 54.1 Å². The van der Waals surface area contributed by atoms with Gasteiger partial charge < -0.3 is 5.32 Å². The number of hydrogen-bond acceptors (Lipinski definition) is 4. The smallest absolute Gasteiger partial charge is 0.264 e. The van der Waals surface area contributed by atoms with Gasteiger partial charge in [0.15, 0.2) is 0 Å². The van der Waals surface area contributed by atoms with E-state index >= 15 is 0 Å². The normalized spacial score (nSPS) is 11.2. The van der Waals surface area contributed by atoms with Crippen LogP contribution in [0.25, 0.3) is 0 Å². The lowest BCUT2D eigenvalue weighted by molar-refractivity contribution is -0.119. The average Bonchev–Trinajstić information content (AvgIpc) is 2.81. The Kier molecular flexibility index (Phi) is 9.67. The molecule has 1 N–H and O–H groups in total. The molecule has 0 bridgehead atoms. The van der Waals surface area contributed by atoms with Crippen molar-refractivity contribution in [3.63, 3.8) is 0 Å². The van der Waals surface area contributed by atoms with Gasteiger partial charge in [-0.2, -0.15) is 11.8 Å². The number of benzene rings is 3. The van der Waals surface area contributed by atoms with Crippen molar-refractivity contribution >= 4 is 60.9 Å². The molecule has 33 heavy (non-hydrogen) atoms. The van der Waals surface area contributed by atoms with E-state index in [1.807, 2.05) is 24.3 Å². The first kappa shape index (κ1) is 25.6. The van der Waals surface area contributed by atoms with E-state index < -0.39 is 10.0 Å². The number of halogens is 2. The van der Waals surface area contributed by atoms with Crippen molar-refractivity contribution in [2.45, 2.75) is 17.1 Å². The highest BCUT2D eigenvalue weighted by Crippen LogP contribution is 2.26. The van der Waals surface area contributed by atoms with Gasteiger partial charge in [-0.3, -0.25) is 9.10 Å². The molecule has 5 nitrogen and oxygen atoms in total. The quantitative estimate of drug-likeness (QED) is 0.300. The third-order valence-electron chi connectivity index (χ3n) is 4.72. The second-order valence-electron chi connectivity index (χ2n) is 7.15. The van der Waals surface area contributed by atoms with Gasteiger partial charge in [0.1, 0.15) is 6.54 Å². The molecule has 0 fully saturated rings. The van der Waals surface area contributed by atoms with Gasteiger partial charge in [0.05, 0.1) is 10.6 Å².